The Morgan fingerprint density at radius 3 is 2.58 bits per heavy atom. The molecule has 9 heteroatoms. The van der Waals surface area contributed by atoms with Crippen molar-refractivity contribution >= 4 is 23.3 Å². The minimum Gasteiger partial charge on any atom is -0.369 e. The molecule has 1 N–H and O–H groups in total. The van der Waals surface area contributed by atoms with Crippen molar-refractivity contribution in [2.24, 2.45) is 0 Å². The smallest absolute Gasteiger partial charge is 0.243 e. The lowest BCUT2D eigenvalue weighted by atomic mass is 10.1. The number of amides is 2. The van der Waals surface area contributed by atoms with Gasteiger partial charge in [0.1, 0.15) is 17.7 Å². The van der Waals surface area contributed by atoms with E-state index >= 15 is 0 Å². The van der Waals surface area contributed by atoms with Crippen molar-refractivity contribution < 1.29 is 14.0 Å². The fourth-order valence-electron chi connectivity index (χ4n) is 4.67. The second-order valence-electron chi connectivity index (χ2n) is 8.75. The van der Waals surface area contributed by atoms with E-state index in [1.54, 1.807) is 4.90 Å². The van der Waals surface area contributed by atoms with E-state index < -0.39 is 6.04 Å². The maximum Gasteiger partial charge on any atom is 0.243 e. The van der Waals surface area contributed by atoms with Gasteiger partial charge in [-0.2, -0.15) is 5.10 Å². The van der Waals surface area contributed by atoms with Gasteiger partial charge in [-0.25, -0.2) is 9.07 Å². The van der Waals surface area contributed by atoms with Crippen LogP contribution in [0.15, 0.2) is 30.3 Å². The summed E-state index contributed by atoms with van der Waals surface area (Å²) in [7, 11) is 0. The van der Waals surface area contributed by atoms with Crippen LogP contribution in [0.5, 0.6) is 0 Å². The molecule has 2 aromatic rings. The van der Waals surface area contributed by atoms with Crippen LogP contribution < -0.4 is 15.1 Å². The molecule has 1 fully saturated rings. The number of rotatable bonds is 8. The molecule has 2 aliphatic heterocycles. The second kappa shape index (κ2) is 10.3. The number of carbonyl (C=O) groups is 2. The molecular weight excluding hydrogens is 423 g/mol. The number of aromatic nitrogens is 2. The zero-order valence-corrected chi connectivity index (χ0v) is 19.5. The van der Waals surface area contributed by atoms with Crippen LogP contribution in [0.25, 0.3) is 0 Å². The lowest BCUT2D eigenvalue weighted by Crippen LogP contribution is -2.52. The zero-order chi connectivity index (χ0) is 23.4. The molecule has 8 nitrogen and oxygen atoms in total. The van der Waals surface area contributed by atoms with Crippen LogP contribution in [0, 0.1) is 12.7 Å². The predicted octanol–water partition coefficient (Wildman–Crippen LogP) is 2.17. The average Bonchev–Trinajstić information content (AvgIpc) is 3.20. The van der Waals surface area contributed by atoms with E-state index in [-0.39, 0.29) is 17.6 Å². The molecule has 0 aliphatic carbocycles. The summed E-state index contributed by atoms with van der Waals surface area (Å²) in [6, 6.07) is 8.00. The largest absolute Gasteiger partial charge is 0.369 e. The first-order valence-electron chi connectivity index (χ1n) is 11.8. The van der Waals surface area contributed by atoms with E-state index in [1.165, 1.54) is 12.1 Å². The maximum absolute atomic E-state index is 13.1. The van der Waals surface area contributed by atoms with Crippen molar-refractivity contribution in [1.82, 2.24) is 20.0 Å². The number of aryl methyl sites for hydroxylation is 2. The summed E-state index contributed by atoms with van der Waals surface area (Å²) in [5.74, 6) is 0.364. The summed E-state index contributed by atoms with van der Waals surface area (Å²) >= 11 is 0. The quantitative estimate of drug-likeness (QED) is 0.617. The highest BCUT2D eigenvalue weighted by Crippen LogP contribution is 2.26. The standard InChI is InChI=1S/C24H33FN6O2/c1-3-21(31-22-17-18(2)27-30(22)12-9-23(31)32)24(33)26-10-4-11-28-13-15-29(16-14-28)20-7-5-19(25)6-8-20/h5-8,17,21H,3-4,9-16H2,1-2H3,(H,26,33)/t21-/m1/s1. The number of benzene rings is 1. The summed E-state index contributed by atoms with van der Waals surface area (Å²) in [5.41, 5.74) is 1.90. The van der Waals surface area contributed by atoms with Crippen LogP contribution in [-0.2, 0) is 16.1 Å². The van der Waals surface area contributed by atoms with E-state index in [0.717, 1.165) is 50.5 Å². The Balaban J connectivity index is 1.22. The van der Waals surface area contributed by atoms with E-state index in [9.17, 15) is 14.0 Å². The van der Waals surface area contributed by atoms with Crippen LogP contribution >= 0.6 is 0 Å². The molecule has 0 radical (unpaired) electrons. The van der Waals surface area contributed by atoms with E-state index in [4.69, 9.17) is 0 Å². The molecule has 0 unspecified atom stereocenters. The Hall–Kier alpha value is -2.94. The molecule has 1 atom stereocenters. The number of carbonyl (C=O) groups excluding carboxylic acids is 2. The highest BCUT2D eigenvalue weighted by molar-refractivity contribution is 6.00. The van der Waals surface area contributed by atoms with Gasteiger partial charge in [0.25, 0.3) is 0 Å². The third-order valence-corrected chi connectivity index (χ3v) is 6.45. The molecule has 1 aromatic carbocycles. The molecule has 0 bridgehead atoms. The Morgan fingerprint density at radius 1 is 1.15 bits per heavy atom. The fraction of sp³-hybridized carbons (Fsp3) is 0.542. The molecule has 0 saturated carbocycles. The number of halogens is 1. The molecule has 4 rings (SSSR count). The monoisotopic (exact) mass is 456 g/mol. The van der Waals surface area contributed by atoms with E-state index in [0.29, 0.717) is 31.7 Å². The van der Waals surface area contributed by atoms with Crippen molar-refractivity contribution in [3.8, 4) is 0 Å². The third kappa shape index (κ3) is 5.35. The predicted molar refractivity (Wildman–Crippen MR) is 126 cm³/mol. The molecular formula is C24H33FN6O2. The van der Waals surface area contributed by atoms with Gasteiger partial charge < -0.3 is 10.2 Å². The van der Waals surface area contributed by atoms with Crippen LogP contribution in [0.3, 0.4) is 0 Å². The zero-order valence-electron chi connectivity index (χ0n) is 19.5. The Morgan fingerprint density at radius 2 is 1.88 bits per heavy atom. The SMILES string of the molecule is CC[C@H](C(=O)NCCCN1CCN(c2ccc(F)cc2)CC1)N1C(=O)CCn2nc(C)cc21. The molecule has 2 aliphatic rings. The lowest BCUT2D eigenvalue weighted by molar-refractivity contribution is -0.127. The highest BCUT2D eigenvalue weighted by Gasteiger charge is 2.34. The van der Waals surface area contributed by atoms with Gasteiger partial charge in [-0.05, 0) is 50.6 Å². The Bertz CT molecular complexity index is 968. The molecule has 0 spiro atoms. The van der Waals surface area contributed by atoms with Crippen LogP contribution in [0.1, 0.15) is 31.9 Å². The van der Waals surface area contributed by atoms with Crippen molar-refractivity contribution in [2.45, 2.75) is 45.7 Å². The van der Waals surface area contributed by atoms with E-state index in [2.05, 4.69) is 20.2 Å². The summed E-state index contributed by atoms with van der Waals surface area (Å²) in [5, 5.41) is 7.47. The minimum atomic E-state index is -0.521. The van der Waals surface area contributed by atoms with Gasteiger partial charge in [-0.1, -0.05) is 6.92 Å². The van der Waals surface area contributed by atoms with Crippen LogP contribution in [0.4, 0.5) is 15.9 Å². The fourth-order valence-corrected chi connectivity index (χ4v) is 4.67. The molecule has 2 amide bonds. The van der Waals surface area contributed by atoms with Crippen molar-refractivity contribution in [3.63, 3.8) is 0 Å². The van der Waals surface area contributed by atoms with Crippen molar-refractivity contribution in [3.05, 3.63) is 41.8 Å². The summed E-state index contributed by atoms with van der Waals surface area (Å²) in [6.45, 7) is 9.56. The first-order valence-corrected chi connectivity index (χ1v) is 11.8. The van der Waals surface area contributed by atoms with Gasteiger partial charge in [0, 0.05) is 50.9 Å². The maximum atomic E-state index is 13.1. The van der Waals surface area contributed by atoms with E-state index in [1.807, 2.05) is 36.7 Å². The van der Waals surface area contributed by atoms with Gasteiger partial charge in [0.2, 0.25) is 11.8 Å². The summed E-state index contributed by atoms with van der Waals surface area (Å²) < 4.78 is 14.9. The number of nitrogens with zero attached hydrogens (tertiary/aromatic N) is 5. The average molecular weight is 457 g/mol. The molecule has 33 heavy (non-hydrogen) atoms. The number of nitrogens with one attached hydrogen (secondary N) is 1. The van der Waals surface area contributed by atoms with Gasteiger partial charge >= 0.3 is 0 Å². The van der Waals surface area contributed by atoms with Crippen LogP contribution in [-0.4, -0.2) is 71.8 Å². The van der Waals surface area contributed by atoms with Crippen LogP contribution in [0.2, 0.25) is 0 Å². The molecule has 3 heterocycles. The minimum absolute atomic E-state index is 0.0246. The Labute approximate surface area is 194 Å². The van der Waals surface area contributed by atoms with Gasteiger partial charge in [-0.3, -0.25) is 19.4 Å². The lowest BCUT2D eigenvalue weighted by Gasteiger charge is -2.36. The molecule has 178 valence electrons. The second-order valence-corrected chi connectivity index (χ2v) is 8.75. The summed E-state index contributed by atoms with van der Waals surface area (Å²) in [4.78, 5) is 31.8. The third-order valence-electron chi connectivity index (χ3n) is 6.45. The Kier molecular flexibility index (Phi) is 7.27. The number of hydrogen-bond donors (Lipinski definition) is 1. The highest BCUT2D eigenvalue weighted by atomic mass is 19.1. The van der Waals surface area contributed by atoms with Crippen molar-refractivity contribution in [1.29, 1.82) is 0 Å². The molecule has 1 saturated heterocycles. The first-order chi connectivity index (χ1) is 16.0. The molecule has 1 aromatic heterocycles. The van der Waals surface area contributed by atoms with Crippen molar-refractivity contribution in [2.75, 3.05) is 49.1 Å². The topological polar surface area (TPSA) is 73.7 Å². The van der Waals surface area contributed by atoms with Gasteiger partial charge in [-0.15, -0.1) is 0 Å². The normalized spacial score (nSPS) is 17.7. The van der Waals surface area contributed by atoms with Gasteiger partial charge in [0.15, 0.2) is 0 Å². The van der Waals surface area contributed by atoms with Gasteiger partial charge in [0.05, 0.1) is 12.2 Å². The number of hydrogen-bond acceptors (Lipinski definition) is 5. The number of piperazine rings is 1. The number of anilines is 2. The summed E-state index contributed by atoms with van der Waals surface area (Å²) in [6.07, 6.45) is 1.76. The first kappa shape index (κ1) is 23.2. The number of fused-ring (bicyclic) bond motifs is 1.